The number of hydrogen-bond acceptors (Lipinski definition) is 4. The van der Waals surface area contributed by atoms with Gasteiger partial charge in [0.05, 0.1) is 14.2 Å². The first-order chi connectivity index (χ1) is 12.0. The Kier molecular flexibility index (Phi) is 6.24. The standard InChI is InChI=1S/C17H18BrN3O4/c1-4-5-10-6-11(7-14(24-2)15(10)25-3)16(22)20-21-17(23)13-8-12(18)9-19-13/h4,6-9,19H,1,5H2,2-3H3,(H,20,22)(H,21,23). The fourth-order valence-electron chi connectivity index (χ4n) is 2.23. The molecule has 1 aromatic heterocycles. The minimum atomic E-state index is -0.481. The van der Waals surface area contributed by atoms with Gasteiger partial charge < -0.3 is 14.5 Å². The van der Waals surface area contributed by atoms with Crippen LogP contribution in [0.25, 0.3) is 0 Å². The van der Waals surface area contributed by atoms with Crippen LogP contribution in [0.2, 0.25) is 0 Å². The largest absolute Gasteiger partial charge is 0.493 e. The Labute approximate surface area is 153 Å². The number of rotatable bonds is 6. The van der Waals surface area contributed by atoms with Gasteiger partial charge in [0.25, 0.3) is 11.8 Å². The molecule has 3 N–H and O–H groups in total. The van der Waals surface area contributed by atoms with Gasteiger partial charge in [-0.1, -0.05) is 6.08 Å². The Hall–Kier alpha value is -2.74. The first-order valence-electron chi connectivity index (χ1n) is 7.30. The fraction of sp³-hybridized carbons (Fsp3) is 0.176. The van der Waals surface area contributed by atoms with Gasteiger partial charge in [-0.2, -0.15) is 0 Å². The van der Waals surface area contributed by atoms with Gasteiger partial charge in [0.15, 0.2) is 11.5 Å². The number of carbonyl (C=O) groups is 2. The molecule has 2 rings (SSSR count). The van der Waals surface area contributed by atoms with Crippen molar-refractivity contribution in [1.29, 1.82) is 0 Å². The van der Waals surface area contributed by atoms with Crippen molar-refractivity contribution >= 4 is 27.7 Å². The zero-order valence-electron chi connectivity index (χ0n) is 13.8. The van der Waals surface area contributed by atoms with Crippen LogP contribution in [0.4, 0.5) is 0 Å². The summed E-state index contributed by atoms with van der Waals surface area (Å²) in [6, 6.07) is 4.80. The van der Waals surface area contributed by atoms with Crippen molar-refractivity contribution in [2.45, 2.75) is 6.42 Å². The number of methoxy groups -OCH3 is 2. The van der Waals surface area contributed by atoms with E-state index in [4.69, 9.17) is 9.47 Å². The molecule has 0 saturated heterocycles. The molecule has 1 heterocycles. The second kappa shape index (κ2) is 8.39. The van der Waals surface area contributed by atoms with E-state index in [9.17, 15) is 9.59 Å². The zero-order valence-corrected chi connectivity index (χ0v) is 15.4. The Morgan fingerprint density at radius 2 is 1.92 bits per heavy atom. The highest BCUT2D eigenvalue weighted by Crippen LogP contribution is 2.33. The molecule has 0 spiro atoms. The average Bonchev–Trinajstić information content (AvgIpc) is 3.05. The van der Waals surface area contributed by atoms with E-state index in [1.165, 1.54) is 20.3 Å². The molecule has 0 aliphatic rings. The summed E-state index contributed by atoms with van der Waals surface area (Å²) in [5, 5.41) is 0. The van der Waals surface area contributed by atoms with E-state index in [-0.39, 0.29) is 0 Å². The highest BCUT2D eigenvalue weighted by molar-refractivity contribution is 9.10. The number of aromatic nitrogens is 1. The number of nitrogens with one attached hydrogen (secondary N) is 3. The lowest BCUT2D eigenvalue weighted by molar-refractivity contribution is 0.0844. The lowest BCUT2D eigenvalue weighted by Crippen LogP contribution is -2.41. The Bertz CT molecular complexity index is 801. The summed E-state index contributed by atoms with van der Waals surface area (Å²) in [7, 11) is 3.01. The number of halogens is 1. The van der Waals surface area contributed by atoms with Crippen LogP contribution in [0.3, 0.4) is 0 Å². The smallest absolute Gasteiger partial charge is 0.286 e. The van der Waals surface area contributed by atoms with E-state index in [2.05, 4.69) is 38.3 Å². The summed E-state index contributed by atoms with van der Waals surface area (Å²) in [5.41, 5.74) is 6.10. The first kappa shape index (κ1) is 18.6. The van der Waals surface area contributed by atoms with E-state index < -0.39 is 11.8 Å². The highest BCUT2D eigenvalue weighted by Gasteiger charge is 2.16. The van der Waals surface area contributed by atoms with Crippen LogP contribution in [-0.2, 0) is 6.42 Å². The van der Waals surface area contributed by atoms with Crippen LogP contribution in [0, 0.1) is 0 Å². The minimum Gasteiger partial charge on any atom is -0.493 e. The number of hydrazine groups is 1. The van der Waals surface area contributed by atoms with Gasteiger partial charge in [-0.15, -0.1) is 6.58 Å². The third-order valence-corrected chi connectivity index (χ3v) is 3.82. The molecule has 0 bridgehead atoms. The maximum absolute atomic E-state index is 12.3. The van der Waals surface area contributed by atoms with Gasteiger partial charge in [0.1, 0.15) is 5.69 Å². The molecule has 1 aromatic carbocycles. The number of hydrogen-bond donors (Lipinski definition) is 3. The van der Waals surface area contributed by atoms with Crippen LogP contribution in [0.1, 0.15) is 26.4 Å². The molecule has 0 atom stereocenters. The summed E-state index contributed by atoms with van der Waals surface area (Å²) in [4.78, 5) is 27.1. The molecule has 0 aliphatic carbocycles. The molecule has 0 saturated carbocycles. The zero-order chi connectivity index (χ0) is 18.4. The normalized spacial score (nSPS) is 10.0. The van der Waals surface area contributed by atoms with Gasteiger partial charge in [-0.05, 0) is 40.5 Å². The summed E-state index contributed by atoms with van der Waals surface area (Å²) in [6.07, 6.45) is 3.82. The van der Waals surface area contributed by atoms with Crippen molar-refractivity contribution < 1.29 is 19.1 Å². The fourth-order valence-corrected chi connectivity index (χ4v) is 2.58. The summed E-state index contributed by atoms with van der Waals surface area (Å²) >= 11 is 3.24. The molecule has 7 nitrogen and oxygen atoms in total. The molecule has 0 aliphatic heterocycles. The molecule has 8 heteroatoms. The van der Waals surface area contributed by atoms with Crippen molar-refractivity contribution in [2.24, 2.45) is 0 Å². The predicted molar refractivity (Wildman–Crippen MR) is 96.9 cm³/mol. The Balaban J connectivity index is 2.16. The van der Waals surface area contributed by atoms with Crippen LogP contribution >= 0.6 is 15.9 Å². The summed E-state index contributed by atoms with van der Waals surface area (Å²) < 4.78 is 11.3. The predicted octanol–water partition coefficient (Wildman–Crippen LogP) is 2.60. The number of allylic oxidation sites excluding steroid dienone is 1. The number of ether oxygens (including phenoxy) is 2. The molecule has 0 fully saturated rings. The van der Waals surface area contributed by atoms with Crippen LogP contribution < -0.4 is 20.3 Å². The van der Waals surface area contributed by atoms with Crippen molar-refractivity contribution in [3.8, 4) is 11.5 Å². The van der Waals surface area contributed by atoms with Crippen LogP contribution in [0.15, 0.2) is 41.5 Å². The Morgan fingerprint density at radius 3 is 2.48 bits per heavy atom. The number of benzene rings is 1. The molecule has 132 valence electrons. The van der Waals surface area contributed by atoms with Gasteiger partial charge >= 0.3 is 0 Å². The van der Waals surface area contributed by atoms with E-state index in [1.807, 2.05) is 0 Å². The second-order valence-electron chi connectivity index (χ2n) is 5.00. The van der Waals surface area contributed by atoms with Gasteiger partial charge in [0.2, 0.25) is 0 Å². The minimum absolute atomic E-state index is 0.312. The SMILES string of the molecule is C=CCc1cc(C(=O)NNC(=O)c2cc(Br)c[nH]2)cc(OC)c1OC. The number of H-pyrrole nitrogens is 1. The van der Waals surface area contributed by atoms with Crippen LogP contribution in [0.5, 0.6) is 11.5 Å². The van der Waals surface area contributed by atoms with E-state index >= 15 is 0 Å². The first-order valence-corrected chi connectivity index (χ1v) is 8.09. The summed E-state index contributed by atoms with van der Waals surface area (Å²) in [5.74, 6) is 0.0157. The van der Waals surface area contributed by atoms with Gasteiger partial charge in [-0.25, -0.2) is 0 Å². The number of aromatic amines is 1. The van der Waals surface area contributed by atoms with Crippen LogP contribution in [-0.4, -0.2) is 31.0 Å². The second-order valence-corrected chi connectivity index (χ2v) is 5.92. The lowest BCUT2D eigenvalue weighted by atomic mass is 10.1. The highest BCUT2D eigenvalue weighted by atomic mass is 79.9. The maximum atomic E-state index is 12.3. The van der Waals surface area contributed by atoms with Gasteiger partial charge in [-0.3, -0.25) is 20.4 Å². The third kappa shape index (κ3) is 4.42. The monoisotopic (exact) mass is 407 g/mol. The molecule has 2 amide bonds. The molecule has 25 heavy (non-hydrogen) atoms. The van der Waals surface area contributed by atoms with Crippen molar-refractivity contribution in [1.82, 2.24) is 15.8 Å². The molecular formula is C17H18BrN3O4. The molecule has 2 aromatic rings. The van der Waals surface area contributed by atoms with Crippen molar-refractivity contribution in [3.63, 3.8) is 0 Å². The molecule has 0 unspecified atom stereocenters. The number of carbonyl (C=O) groups excluding carboxylic acids is 2. The lowest BCUT2D eigenvalue weighted by Gasteiger charge is -2.14. The number of amides is 2. The topological polar surface area (TPSA) is 92.5 Å². The Morgan fingerprint density at radius 1 is 1.20 bits per heavy atom. The van der Waals surface area contributed by atoms with Crippen molar-refractivity contribution in [2.75, 3.05) is 14.2 Å². The molecule has 0 radical (unpaired) electrons. The third-order valence-electron chi connectivity index (χ3n) is 3.36. The van der Waals surface area contributed by atoms with E-state index in [0.29, 0.717) is 29.2 Å². The van der Waals surface area contributed by atoms with E-state index in [0.717, 1.165) is 10.0 Å². The van der Waals surface area contributed by atoms with Gasteiger partial charge in [0, 0.05) is 21.8 Å². The van der Waals surface area contributed by atoms with E-state index in [1.54, 1.807) is 24.4 Å². The summed E-state index contributed by atoms with van der Waals surface area (Å²) in [6.45, 7) is 3.70. The van der Waals surface area contributed by atoms with Crippen molar-refractivity contribution in [3.05, 3.63) is 58.3 Å². The molecular weight excluding hydrogens is 390 g/mol. The average molecular weight is 408 g/mol. The maximum Gasteiger partial charge on any atom is 0.286 e. The quantitative estimate of drug-likeness (QED) is 0.506.